The zero-order chi connectivity index (χ0) is 12.3. The summed E-state index contributed by atoms with van der Waals surface area (Å²) in [5.74, 6) is 1.01. The lowest BCUT2D eigenvalue weighted by atomic mass is 10.00. The summed E-state index contributed by atoms with van der Waals surface area (Å²) in [4.78, 5) is 11.5. The van der Waals surface area contributed by atoms with Crippen LogP contribution in [-0.4, -0.2) is 5.78 Å². The number of hydrogen-bond donors (Lipinski definition) is 0. The van der Waals surface area contributed by atoms with Gasteiger partial charge in [0.2, 0.25) is 0 Å². The van der Waals surface area contributed by atoms with Gasteiger partial charge in [-0.3, -0.25) is 4.79 Å². The van der Waals surface area contributed by atoms with Crippen molar-refractivity contribution in [2.24, 2.45) is 11.3 Å². The smallest absolute Gasteiger partial charge is 0.159 e. The van der Waals surface area contributed by atoms with E-state index in [2.05, 4.69) is 34.6 Å². The van der Waals surface area contributed by atoms with Crippen LogP contribution in [0.4, 0.5) is 0 Å². The molecule has 1 nitrogen and oxygen atoms in total. The van der Waals surface area contributed by atoms with E-state index in [9.17, 15) is 4.79 Å². The predicted molar refractivity (Wildman–Crippen MR) is 69.4 cm³/mol. The van der Waals surface area contributed by atoms with Gasteiger partial charge in [0, 0.05) is 6.42 Å². The number of Topliss-reactive ketones (excluding diaryl/α,β-unsaturated/α-hetero) is 1. The monoisotopic (exact) mass is 222 g/mol. The van der Waals surface area contributed by atoms with E-state index in [0.29, 0.717) is 17.1 Å². The highest BCUT2D eigenvalue weighted by atomic mass is 16.1. The van der Waals surface area contributed by atoms with Gasteiger partial charge in [-0.2, -0.15) is 0 Å². The standard InChI is InChI=1S/C11H16O.C4H10/c1-7-4-5-9(12)10(7)8-6-11(8,2)3;1-3-4-2/h8H,4-6H2,1-3H3;3-4H2,1-2H3. The van der Waals surface area contributed by atoms with Gasteiger partial charge in [-0.25, -0.2) is 0 Å². The zero-order valence-corrected chi connectivity index (χ0v) is 11.5. The Balaban J connectivity index is 0.000000280. The minimum Gasteiger partial charge on any atom is -0.295 e. The fourth-order valence-electron chi connectivity index (χ4n) is 2.26. The van der Waals surface area contributed by atoms with E-state index in [1.165, 1.54) is 30.4 Å². The van der Waals surface area contributed by atoms with Crippen LogP contribution in [0, 0.1) is 11.3 Å². The predicted octanol–water partition coefficient (Wildman–Crippen LogP) is 4.52. The molecule has 1 unspecified atom stereocenters. The normalized spacial score (nSPS) is 26.6. The first-order valence-corrected chi connectivity index (χ1v) is 6.66. The van der Waals surface area contributed by atoms with Gasteiger partial charge in [0.15, 0.2) is 5.78 Å². The Morgan fingerprint density at radius 3 is 1.94 bits per heavy atom. The van der Waals surface area contributed by atoms with Gasteiger partial charge >= 0.3 is 0 Å². The molecule has 0 bridgehead atoms. The number of ketones is 1. The Hall–Kier alpha value is -0.590. The quantitative estimate of drug-likeness (QED) is 0.671. The number of unbranched alkanes of at least 4 members (excludes halogenated alkanes) is 1. The Kier molecular flexibility index (Phi) is 4.35. The van der Waals surface area contributed by atoms with Crippen molar-refractivity contribution in [2.45, 2.75) is 66.7 Å². The summed E-state index contributed by atoms with van der Waals surface area (Å²) in [5.41, 5.74) is 2.95. The molecule has 0 radical (unpaired) electrons. The molecule has 0 heterocycles. The largest absolute Gasteiger partial charge is 0.295 e. The van der Waals surface area contributed by atoms with Crippen molar-refractivity contribution in [1.82, 2.24) is 0 Å². The molecule has 2 rings (SSSR count). The third-order valence-electron chi connectivity index (χ3n) is 3.85. The van der Waals surface area contributed by atoms with Crippen molar-refractivity contribution in [2.75, 3.05) is 0 Å². The summed E-state index contributed by atoms with van der Waals surface area (Å²) in [6.45, 7) is 11.0. The first kappa shape index (κ1) is 13.5. The molecule has 0 saturated heterocycles. The molecule has 0 amide bonds. The van der Waals surface area contributed by atoms with Crippen LogP contribution in [0.15, 0.2) is 11.1 Å². The average Bonchev–Trinajstić information content (AvgIpc) is 2.71. The summed E-state index contributed by atoms with van der Waals surface area (Å²) in [7, 11) is 0. The number of allylic oxidation sites excluding steroid dienone is 2. The molecule has 0 aliphatic heterocycles. The molecule has 1 fully saturated rings. The summed E-state index contributed by atoms with van der Waals surface area (Å²) >= 11 is 0. The number of hydrogen-bond acceptors (Lipinski definition) is 1. The molecule has 0 spiro atoms. The van der Waals surface area contributed by atoms with Crippen LogP contribution in [0.3, 0.4) is 0 Å². The molecule has 0 aromatic rings. The highest BCUT2D eigenvalue weighted by Crippen LogP contribution is 2.57. The molecule has 1 heteroatoms. The molecular weight excluding hydrogens is 196 g/mol. The van der Waals surface area contributed by atoms with Crippen LogP contribution in [0.1, 0.15) is 66.7 Å². The van der Waals surface area contributed by atoms with Crippen LogP contribution in [-0.2, 0) is 4.79 Å². The van der Waals surface area contributed by atoms with Crippen molar-refractivity contribution in [3.05, 3.63) is 11.1 Å². The summed E-state index contributed by atoms with van der Waals surface area (Å²) in [6, 6.07) is 0. The van der Waals surface area contributed by atoms with E-state index in [1.54, 1.807) is 0 Å². The zero-order valence-electron chi connectivity index (χ0n) is 11.5. The Bertz CT molecular complexity index is 295. The third-order valence-corrected chi connectivity index (χ3v) is 3.85. The number of carbonyl (C=O) groups excluding carboxylic acids is 1. The minimum absolute atomic E-state index is 0.413. The average molecular weight is 222 g/mol. The van der Waals surface area contributed by atoms with E-state index in [1.807, 2.05) is 0 Å². The Morgan fingerprint density at radius 2 is 1.69 bits per heavy atom. The SMILES string of the molecule is CC1=C(C2CC2(C)C)C(=O)CC1.CCCC. The van der Waals surface area contributed by atoms with Gasteiger partial charge in [0.25, 0.3) is 0 Å². The van der Waals surface area contributed by atoms with E-state index in [0.717, 1.165) is 12.8 Å². The highest BCUT2D eigenvalue weighted by molar-refractivity contribution is 5.99. The van der Waals surface area contributed by atoms with Gasteiger partial charge in [-0.1, -0.05) is 46.1 Å². The van der Waals surface area contributed by atoms with Crippen LogP contribution in [0.25, 0.3) is 0 Å². The van der Waals surface area contributed by atoms with E-state index in [-0.39, 0.29) is 0 Å². The second-order valence-corrected chi connectivity index (χ2v) is 5.86. The lowest BCUT2D eigenvalue weighted by molar-refractivity contribution is -0.115. The summed E-state index contributed by atoms with van der Waals surface area (Å²) in [6.07, 6.45) is 5.64. The molecule has 1 saturated carbocycles. The molecule has 92 valence electrons. The van der Waals surface area contributed by atoms with Crippen LogP contribution in [0.5, 0.6) is 0 Å². The fourth-order valence-corrected chi connectivity index (χ4v) is 2.26. The highest BCUT2D eigenvalue weighted by Gasteiger charge is 2.50. The van der Waals surface area contributed by atoms with E-state index < -0.39 is 0 Å². The van der Waals surface area contributed by atoms with Crippen LogP contribution in [0.2, 0.25) is 0 Å². The van der Waals surface area contributed by atoms with Crippen molar-refractivity contribution in [1.29, 1.82) is 0 Å². The second-order valence-electron chi connectivity index (χ2n) is 5.86. The van der Waals surface area contributed by atoms with Gasteiger partial charge in [0.05, 0.1) is 0 Å². The fraction of sp³-hybridized carbons (Fsp3) is 0.800. The maximum Gasteiger partial charge on any atom is 0.159 e. The maximum absolute atomic E-state index is 11.5. The minimum atomic E-state index is 0.413. The summed E-state index contributed by atoms with van der Waals surface area (Å²) < 4.78 is 0. The van der Waals surface area contributed by atoms with Crippen molar-refractivity contribution in [3.8, 4) is 0 Å². The van der Waals surface area contributed by atoms with Gasteiger partial charge in [-0.15, -0.1) is 0 Å². The van der Waals surface area contributed by atoms with E-state index >= 15 is 0 Å². The lowest BCUT2D eigenvalue weighted by Gasteiger charge is -2.04. The van der Waals surface area contributed by atoms with Gasteiger partial charge < -0.3 is 0 Å². The summed E-state index contributed by atoms with van der Waals surface area (Å²) in [5, 5.41) is 0. The molecule has 2 aliphatic carbocycles. The van der Waals surface area contributed by atoms with Crippen molar-refractivity contribution in [3.63, 3.8) is 0 Å². The number of rotatable bonds is 2. The first-order chi connectivity index (χ1) is 7.44. The van der Waals surface area contributed by atoms with Crippen molar-refractivity contribution >= 4 is 5.78 Å². The van der Waals surface area contributed by atoms with Crippen molar-refractivity contribution < 1.29 is 4.79 Å². The Labute approximate surface area is 100 Å². The molecule has 0 aromatic carbocycles. The van der Waals surface area contributed by atoms with Crippen LogP contribution >= 0.6 is 0 Å². The molecule has 1 atom stereocenters. The molecule has 0 aromatic heterocycles. The number of carbonyl (C=O) groups is 1. The van der Waals surface area contributed by atoms with Gasteiger partial charge in [-0.05, 0) is 36.7 Å². The van der Waals surface area contributed by atoms with E-state index in [4.69, 9.17) is 0 Å². The molecule has 0 N–H and O–H groups in total. The molecule has 2 aliphatic rings. The Morgan fingerprint density at radius 1 is 1.19 bits per heavy atom. The first-order valence-electron chi connectivity index (χ1n) is 6.66. The third kappa shape index (κ3) is 2.96. The maximum atomic E-state index is 11.5. The molecule has 16 heavy (non-hydrogen) atoms. The lowest BCUT2D eigenvalue weighted by Crippen LogP contribution is -2.02. The van der Waals surface area contributed by atoms with Crippen LogP contribution < -0.4 is 0 Å². The van der Waals surface area contributed by atoms with Gasteiger partial charge in [0.1, 0.15) is 0 Å². The topological polar surface area (TPSA) is 17.1 Å². The second kappa shape index (κ2) is 5.16. The molecular formula is C15H26O.